The number of urea groups is 1. The number of phenolic OH excluding ortho intramolecular Hbond substituents is 1. The number of aliphatic carboxylic acids is 3. The molecule has 3 saturated heterocycles. The number of aromatic hydroxyl groups is 1. The van der Waals surface area contributed by atoms with Gasteiger partial charge in [0.1, 0.15) is 35.2 Å². The number of amides is 6. The van der Waals surface area contributed by atoms with Crippen LogP contribution in [0.25, 0.3) is 0 Å². The number of ketones is 3. The van der Waals surface area contributed by atoms with Crippen molar-refractivity contribution < 1.29 is 96.1 Å². The molecule has 0 radical (unpaired) electrons. The maximum Gasteiger partial charge on any atom is 0.326 e. The molecule has 3 heterocycles. The van der Waals surface area contributed by atoms with Gasteiger partial charge in [0.15, 0.2) is 0 Å². The van der Waals surface area contributed by atoms with Crippen LogP contribution in [0.15, 0.2) is 24.3 Å². The monoisotopic (exact) mass is 1720 g/mol. The Kier molecular flexibility index (Phi) is 46.3. The topological polar surface area (TPSA) is 433 Å². The van der Waals surface area contributed by atoms with Crippen molar-refractivity contribution in [3.05, 3.63) is 29.8 Å². The molecule has 31 nitrogen and oxygen atoms in total. The first-order valence-electron chi connectivity index (χ1n) is 42.0. The van der Waals surface area contributed by atoms with Gasteiger partial charge in [-0.05, 0) is 150 Å². The molecule has 648 valence electrons. The number of benzene rings is 1. The molecule has 0 spiro atoms. The van der Waals surface area contributed by atoms with Crippen molar-refractivity contribution in [3.8, 4) is 5.75 Å². The molecule has 4 bridgehead atoms. The van der Waals surface area contributed by atoms with E-state index in [0.29, 0.717) is 194 Å². The van der Waals surface area contributed by atoms with Gasteiger partial charge in [0.25, 0.3) is 0 Å². The number of hydrogen-bond acceptors (Lipinski definition) is 22. The maximum atomic E-state index is 14.3. The Morgan fingerprint density at radius 1 is 0.470 bits per heavy atom. The summed E-state index contributed by atoms with van der Waals surface area (Å²) in [6, 6.07) is 3.11. The molecular weight excluding hydrogens is 1590 g/mol. The molecule has 3 aliphatic rings. The maximum absolute atomic E-state index is 14.3. The Hall–Kier alpha value is -7.29. The van der Waals surface area contributed by atoms with Gasteiger partial charge >= 0.3 is 215 Å². The van der Waals surface area contributed by atoms with Gasteiger partial charge in [0.2, 0.25) is 17.7 Å². The number of carbonyl (C=O) groups is 14. The van der Waals surface area contributed by atoms with E-state index in [-0.39, 0.29) is 152 Å². The first-order valence-corrected chi connectivity index (χ1v) is 46.0. The van der Waals surface area contributed by atoms with Gasteiger partial charge in [0, 0.05) is 69.5 Å². The SMILES string of the molecule is CCC(CC(C)(C)CCCC(CC(C)(C)CCCC(CC(C)(C)C)C(=O)NCCCCNC(=O)CN1CCN2CCN3CCN(CC1)CC(=O)[O][In]([O]C(=O)C2)[O]C(=O)C3)C(=O)NCc1ccc(O)cc1)C(=O)CCCCCC(CC(=O)CCCCCCC(=O)NCCCC[C@H](NC(=O)N[C@@H](CCC(C)=O)C(=O)O)C(=O)O)C(=O)O. The van der Waals surface area contributed by atoms with Crippen molar-refractivity contribution in [2.24, 2.45) is 39.9 Å². The van der Waals surface area contributed by atoms with Crippen molar-refractivity contribution in [3.63, 3.8) is 0 Å². The third-order valence-electron chi connectivity index (χ3n) is 21.8. The third kappa shape index (κ3) is 44.7. The molecule has 0 saturated carbocycles. The van der Waals surface area contributed by atoms with Crippen molar-refractivity contribution in [2.75, 3.05) is 98.2 Å². The van der Waals surface area contributed by atoms with Crippen molar-refractivity contribution in [2.45, 2.75) is 267 Å². The zero-order valence-electron chi connectivity index (χ0n) is 70.2. The van der Waals surface area contributed by atoms with Crippen LogP contribution in [0.2, 0.25) is 0 Å². The van der Waals surface area contributed by atoms with Crippen LogP contribution in [0.3, 0.4) is 0 Å². The number of Topliss-reactive ketones (excluding diaryl/α,β-unsaturated/α-hetero) is 3. The molecule has 1 aromatic rings. The summed E-state index contributed by atoms with van der Waals surface area (Å²) in [4.78, 5) is 186. The summed E-state index contributed by atoms with van der Waals surface area (Å²) in [5.41, 5.74) is 0.270. The Morgan fingerprint density at radius 3 is 1.43 bits per heavy atom. The van der Waals surface area contributed by atoms with E-state index in [4.69, 9.17) is 8.56 Å². The van der Waals surface area contributed by atoms with E-state index in [2.05, 4.69) is 80.4 Å². The molecule has 1 aromatic carbocycles. The van der Waals surface area contributed by atoms with Crippen LogP contribution in [-0.4, -0.2) is 256 Å². The number of carbonyl (C=O) groups excluding carboxylic acids is 11. The summed E-state index contributed by atoms with van der Waals surface area (Å²) in [7, 11) is 0. The normalized spacial score (nSPS) is 18.1. The van der Waals surface area contributed by atoms with E-state index in [1.807, 2.05) is 26.5 Å². The van der Waals surface area contributed by atoms with Crippen LogP contribution in [0.5, 0.6) is 5.75 Å². The van der Waals surface area contributed by atoms with Crippen molar-refractivity contribution in [1.29, 1.82) is 0 Å². The van der Waals surface area contributed by atoms with Gasteiger partial charge in [-0.25, -0.2) is 14.4 Å². The second kappa shape index (κ2) is 53.2. The van der Waals surface area contributed by atoms with Crippen molar-refractivity contribution >= 4 is 106 Å². The van der Waals surface area contributed by atoms with E-state index in [1.54, 1.807) is 24.3 Å². The molecule has 8 atom stereocenters. The number of unbranched alkanes of at least 4 members (excludes halogenated alkanes) is 7. The Balaban J connectivity index is 1.17. The second-order valence-electron chi connectivity index (χ2n) is 34.6. The molecule has 32 heteroatoms. The van der Waals surface area contributed by atoms with Gasteiger partial charge in [-0.3, -0.25) is 28.8 Å². The number of carboxylic acids is 3. The van der Waals surface area contributed by atoms with Crippen molar-refractivity contribution in [1.82, 2.24) is 51.5 Å². The van der Waals surface area contributed by atoms with Gasteiger partial charge < -0.3 is 51.8 Å². The molecular formula is C83H137InN10O21. The number of rotatable bonds is 54. The molecule has 10 N–H and O–H groups in total. The molecule has 6 unspecified atom stereocenters. The van der Waals surface area contributed by atoms with E-state index < -0.39 is 82.6 Å². The van der Waals surface area contributed by atoms with Crippen LogP contribution in [-0.2, 0) is 77.4 Å². The number of hydrogen-bond donors (Lipinski definition) is 10. The van der Waals surface area contributed by atoms with E-state index in [1.165, 1.54) is 6.92 Å². The van der Waals surface area contributed by atoms with Crippen LogP contribution in [0.1, 0.15) is 254 Å². The largest absolute Gasteiger partial charge is 0.508 e. The van der Waals surface area contributed by atoms with Crippen LogP contribution >= 0.6 is 0 Å². The Morgan fingerprint density at radius 2 is 0.913 bits per heavy atom. The molecule has 0 aliphatic carbocycles. The summed E-state index contributed by atoms with van der Waals surface area (Å²) >= 11 is -4.26. The number of nitrogens with one attached hydrogen (secondary N) is 6. The van der Waals surface area contributed by atoms with Gasteiger partial charge in [-0.2, -0.15) is 0 Å². The van der Waals surface area contributed by atoms with Crippen LogP contribution in [0, 0.1) is 39.9 Å². The summed E-state index contributed by atoms with van der Waals surface area (Å²) in [5, 5.41) is 55.4. The van der Waals surface area contributed by atoms with Gasteiger partial charge in [0.05, 0.1) is 5.92 Å². The number of nitrogens with zero attached hydrogens (tertiary/aromatic N) is 4. The quantitative estimate of drug-likeness (QED) is 0.0275. The number of phenols is 1. The fourth-order valence-corrected chi connectivity index (χ4v) is 18.0. The second-order valence-corrected chi connectivity index (χ2v) is 38.3. The smallest absolute Gasteiger partial charge is 0.326 e. The summed E-state index contributed by atoms with van der Waals surface area (Å²) in [6.45, 7) is 23.7. The van der Waals surface area contributed by atoms with E-state index in [9.17, 15) is 87.5 Å². The average Bonchev–Trinajstić information content (AvgIpc) is 1.62. The molecule has 0 aromatic heterocycles. The molecule has 3 fully saturated rings. The first kappa shape index (κ1) is 100. The molecule has 3 aliphatic heterocycles. The van der Waals surface area contributed by atoms with Crippen LogP contribution in [0.4, 0.5) is 4.79 Å². The molecule has 4 rings (SSSR count). The first-order chi connectivity index (χ1) is 54.4. The van der Waals surface area contributed by atoms with Gasteiger partial charge in [-0.15, -0.1) is 0 Å². The molecule has 6 amide bonds. The van der Waals surface area contributed by atoms with Gasteiger partial charge in [-0.1, -0.05) is 106 Å². The van der Waals surface area contributed by atoms with Crippen LogP contribution < -0.4 is 31.9 Å². The number of carboxylic acid groups (broad SMARTS) is 3. The summed E-state index contributed by atoms with van der Waals surface area (Å²) in [6.07, 6.45) is 14.4. The zero-order valence-corrected chi connectivity index (χ0v) is 73.5. The standard InChI is InChI=1S/C83H140N10O21.In/c1-10-61(69(97)29-16-13-14-24-62(77(108)109)50-66(96)27-15-11-12-17-30-70(98)84-39-19-18-28-67(78(110)111)88-80(114)89-68(79(112)113)36-31-59(2)94)52-82(6,7)37-23-26-64(76(107)87-54-60-32-34-65(95)35-33-60)53-83(8,9)38-22-25-63(51-81(3,4)5)75(106)86-41-21-20-40-85-71(99)55-90-42-44-91(56-72(100)101)46-48-93(58-74(104)105)49-47-92(45-43-90)57-73(102)103;/h32-35,61-64,67-68,95H,10-31,36-58H2,1-9H3,(H,84,98)(H,85,99)(H,86,106)(H,87,107)(H,100,101)(H,102,103)(H,104,105)(H,108,109)(H,110,111)(H,112,113)(H2,88,89,114);/q;+3/p-3/t61?,62?,63?,64?,67-,68-;/m0./s1. The minimum absolute atomic E-state index is 0.00242. The summed E-state index contributed by atoms with van der Waals surface area (Å²) in [5.74, 6) is -7.50. The minimum Gasteiger partial charge on any atom is -0.508 e. The minimum atomic E-state index is -4.26. The van der Waals surface area contributed by atoms with E-state index >= 15 is 0 Å². The molecule has 115 heavy (non-hydrogen) atoms. The fraction of sp³-hybridized carbons (Fsp3) is 0.759. The van der Waals surface area contributed by atoms with E-state index in [0.717, 1.165) is 31.2 Å². The average molecular weight is 1730 g/mol. The fourth-order valence-electron chi connectivity index (χ4n) is 15.1. The Labute approximate surface area is 690 Å². The predicted molar refractivity (Wildman–Crippen MR) is 432 cm³/mol. The third-order valence-corrected chi connectivity index (χ3v) is 25.7. The zero-order chi connectivity index (χ0) is 85.1. The number of fused-ring (bicyclic) bond motifs is 7. The summed E-state index contributed by atoms with van der Waals surface area (Å²) < 4.78 is 16.4. The predicted octanol–water partition coefficient (Wildman–Crippen LogP) is 8.13. The Bertz CT molecular complexity index is 3240.